The molecular formula is C15H24N2O. The summed E-state index contributed by atoms with van der Waals surface area (Å²) in [5, 5.41) is 10.1. The number of benzene rings is 1. The van der Waals surface area contributed by atoms with Crippen LogP contribution in [-0.2, 0) is 6.54 Å². The maximum absolute atomic E-state index is 10.1. The van der Waals surface area contributed by atoms with Crippen LogP contribution in [0.3, 0.4) is 0 Å². The van der Waals surface area contributed by atoms with Crippen molar-refractivity contribution in [3.63, 3.8) is 0 Å². The molecule has 18 heavy (non-hydrogen) atoms. The molecule has 0 aromatic heterocycles. The molecule has 3 nitrogen and oxygen atoms in total. The fourth-order valence-electron chi connectivity index (χ4n) is 2.37. The van der Waals surface area contributed by atoms with Gasteiger partial charge in [-0.05, 0) is 32.5 Å². The SMILES string of the molecule is CN(Cc1ccccc1)CC(O)CN(C)C1CC1. The Kier molecular flexibility index (Phi) is 4.75. The Morgan fingerprint density at radius 2 is 1.83 bits per heavy atom. The second kappa shape index (κ2) is 6.32. The maximum Gasteiger partial charge on any atom is 0.0793 e. The van der Waals surface area contributed by atoms with Crippen molar-refractivity contribution in [2.75, 3.05) is 27.2 Å². The molecule has 0 bridgehead atoms. The van der Waals surface area contributed by atoms with E-state index in [1.165, 1.54) is 18.4 Å². The first-order valence-electron chi connectivity index (χ1n) is 6.76. The molecule has 0 radical (unpaired) electrons. The van der Waals surface area contributed by atoms with Crippen LogP contribution in [0.25, 0.3) is 0 Å². The zero-order valence-corrected chi connectivity index (χ0v) is 11.4. The van der Waals surface area contributed by atoms with Crippen molar-refractivity contribution in [1.82, 2.24) is 9.80 Å². The van der Waals surface area contributed by atoms with Crippen LogP contribution in [0.1, 0.15) is 18.4 Å². The lowest BCUT2D eigenvalue weighted by molar-refractivity contribution is 0.0865. The third-order valence-electron chi connectivity index (χ3n) is 3.49. The Labute approximate surface area is 110 Å². The zero-order valence-electron chi connectivity index (χ0n) is 11.4. The van der Waals surface area contributed by atoms with Crippen molar-refractivity contribution in [3.05, 3.63) is 35.9 Å². The summed E-state index contributed by atoms with van der Waals surface area (Å²) in [4.78, 5) is 4.46. The van der Waals surface area contributed by atoms with Crippen LogP contribution in [0.15, 0.2) is 30.3 Å². The minimum Gasteiger partial charge on any atom is -0.390 e. The van der Waals surface area contributed by atoms with Gasteiger partial charge in [0.2, 0.25) is 0 Å². The zero-order chi connectivity index (χ0) is 13.0. The van der Waals surface area contributed by atoms with Gasteiger partial charge in [0.05, 0.1) is 6.10 Å². The molecule has 0 saturated heterocycles. The predicted octanol–water partition coefficient (Wildman–Crippen LogP) is 1.57. The van der Waals surface area contributed by atoms with Crippen molar-refractivity contribution < 1.29 is 5.11 Å². The van der Waals surface area contributed by atoms with Crippen LogP contribution in [0, 0.1) is 0 Å². The molecule has 2 rings (SSSR count). The summed E-state index contributed by atoms with van der Waals surface area (Å²) in [6.07, 6.45) is 2.33. The fraction of sp³-hybridized carbons (Fsp3) is 0.600. The van der Waals surface area contributed by atoms with Gasteiger partial charge in [0, 0.05) is 25.7 Å². The molecule has 1 fully saturated rings. The Morgan fingerprint density at radius 1 is 1.17 bits per heavy atom. The van der Waals surface area contributed by atoms with E-state index in [2.05, 4.69) is 48.2 Å². The molecule has 1 aromatic rings. The topological polar surface area (TPSA) is 26.7 Å². The van der Waals surface area contributed by atoms with Crippen molar-refractivity contribution in [1.29, 1.82) is 0 Å². The molecule has 1 N–H and O–H groups in total. The van der Waals surface area contributed by atoms with E-state index >= 15 is 0 Å². The van der Waals surface area contributed by atoms with E-state index in [4.69, 9.17) is 0 Å². The highest BCUT2D eigenvalue weighted by Crippen LogP contribution is 2.25. The molecule has 1 aliphatic rings. The highest BCUT2D eigenvalue weighted by atomic mass is 16.3. The highest BCUT2D eigenvalue weighted by molar-refractivity contribution is 5.14. The Hall–Kier alpha value is -0.900. The first kappa shape index (κ1) is 13.5. The minimum absolute atomic E-state index is 0.260. The molecular weight excluding hydrogens is 224 g/mol. The summed E-state index contributed by atoms with van der Waals surface area (Å²) in [5.41, 5.74) is 1.29. The summed E-state index contributed by atoms with van der Waals surface area (Å²) in [6.45, 7) is 2.40. The molecule has 100 valence electrons. The molecule has 0 heterocycles. The number of aliphatic hydroxyl groups excluding tert-OH is 1. The van der Waals surface area contributed by atoms with Crippen LogP contribution >= 0.6 is 0 Å². The van der Waals surface area contributed by atoms with Gasteiger partial charge in [-0.2, -0.15) is 0 Å². The molecule has 1 saturated carbocycles. The minimum atomic E-state index is -0.260. The van der Waals surface area contributed by atoms with E-state index in [0.29, 0.717) is 0 Å². The molecule has 1 aliphatic carbocycles. The largest absolute Gasteiger partial charge is 0.390 e. The first-order valence-corrected chi connectivity index (χ1v) is 6.76. The number of likely N-dealkylation sites (N-methyl/N-ethyl adjacent to an activating group) is 2. The lowest BCUT2D eigenvalue weighted by Gasteiger charge is -2.24. The summed E-state index contributed by atoms with van der Waals surface area (Å²) in [5.74, 6) is 0. The summed E-state index contributed by atoms with van der Waals surface area (Å²) in [7, 11) is 4.17. The lowest BCUT2D eigenvalue weighted by atomic mass is 10.2. The Balaban J connectivity index is 1.71. The van der Waals surface area contributed by atoms with E-state index in [9.17, 15) is 5.11 Å². The molecule has 0 aliphatic heterocycles. The maximum atomic E-state index is 10.1. The van der Waals surface area contributed by atoms with Gasteiger partial charge in [0.15, 0.2) is 0 Å². The number of hydrogen-bond donors (Lipinski definition) is 1. The van der Waals surface area contributed by atoms with Crippen LogP contribution in [0.5, 0.6) is 0 Å². The lowest BCUT2D eigenvalue weighted by Crippen LogP contribution is -2.38. The van der Waals surface area contributed by atoms with E-state index in [-0.39, 0.29) is 6.10 Å². The number of nitrogens with zero attached hydrogens (tertiary/aromatic N) is 2. The van der Waals surface area contributed by atoms with E-state index in [0.717, 1.165) is 25.7 Å². The number of rotatable bonds is 7. The second-order valence-corrected chi connectivity index (χ2v) is 5.51. The predicted molar refractivity (Wildman–Crippen MR) is 74.4 cm³/mol. The monoisotopic (exact) mass is 248 g/mol. The van der Waals surface area contributed by atoms with Crippen molar-refractivity contribution in [2.45, 2.75) is 31.5 Å². The average molecular weight is 248 g/mol. The summed E-state index contributed by atoms with van der Waals surface area (Å²) in [6, 6.07) is 11.1. The van der Waals surface area contributed by atoms with Crippen molar-refractivity contribution >= 4 is 0 Å². The number of aliphatic hydroxyl groups is 1. The molecule has 1 atom stereocenters. The molecule has 3 heteroatoms. The van der Waals surface area contributed by atoms with Crippen LogP contribution in [0.2, 0.25) is 0 Å². The summed E-state index contributed by atoms with van der Waals surface area (Å²) >= 11 is 0. The smallest absolute Gasteiger partial charge is 0.0793 e. The normalized spacial score (nSPS) is 17.4. The van der Waals surface area contributed by atoms with E-state index < -0.39 is 0 Å². The fourth-order valence-corrected chi connectivity index (χ4v) is 2.37. The van der Waals surface area contributed by atoms with Gasteiger partial charge >= 0.3 is 0 Å². The quantitative estimate of drug-likeness (QED) is 0.793. The third-order valence-corrected chi connectivity index (χ3v) is 3.49. The van der Waals surface area contributed by atoms with Gasteiger partial charge in [0.25, 0.3) is 0 Å². The van der Waals surface area contributed by atoms with E-state index in [1.54, 1.807) is 0 Å². The van der Waals surface area contributed by atoms with Crippen LogP contribution in [-0.4, -0.2) is 54.2 Å². The Morgan fingerprint density at radius 3 is 2.44 bits per heavy atom. The van der Waals surface area contributed by atoms with E-state index in [1.807, 2.05) is 6.07 Å². The highest BCUT2D eigenvalue weighted by Gasteiger charge is 2.27. The van der Waals surface area contributed by atoms with Gasteiger partial charge in [-0.25, -0.2) is 0 Å². The molecule has 0 amide bonds. The van der Waals surface area contributed by atoms with Gasteiger partial charge < -0.3 is 10.0 Å². The molecule has 0 spiro atoms. The average Bonchev–Trinajstić information content (AvgIpc) is 3.13. The van der Waals surface area contributed by atoms with Crippen LogP contribution < -0.4 is 0 Å². The van der Waals surface area contributed by atoms with Crippen LogP contribution in [0.4, 0.5) is 0 Å². The second-order valence-electron chi connectivity index (χ2n) is 5.51. The van der Waals surface area contributed by atoms with Gasteiger partial charge in [-0.3, -0.25) is 4.90 Å². The van der Waals surface area contributed by atoms with Crippen molar-refractivity contribution in [2.24, 2.45) is 0 Å². The van der Waals surface area contributed by atoms with Crippen molar-refractivity contribution in [3.8, 4) is 0 Å². The standard InChI is InChI=1S/C15H24N2O/c1-16(10-13-6-4-3-5-7-13)11-15(18)12-17(2)14-8-9-14/h3-7,14-15,18H,8-12H2,1-2H3. The van der Waals surface area contributed by atoms with Gasteiger partial charge in [0.1, 0.15) is 0 Å². The molecule has 1 unspecified atom stereocenters. The number of hydrogen-bond acceptors (Lipinski definition) is 3. The first-order chi connectivity index (χ1) is 8.65. The molecule has 1 aromatic carbocycles. The third kappa shape index (κ3) is 4.41. The van der Waals surface area contributed by atoms with Gasteiger partial charge in [-0.15, -0.1) is 0 Å². The Bertz CT molecular complexity index is 351. The van der Waals surface area contributed by atoms with Gasteiger partial charge in [-0.1, -0.05) is 30.3 Å². The summed E-state index contributed by atoms with van der Waals surface area (Å²) < 4.78 is 0.